The molecule has 0 atom stereocenters. The third kappa shape index (κ3) is 4.42. The Morgan fingerprint density at radius 1 is 1.19 bits per heavy atom. The Morgan fingerprint density at radius 3 is 2.84 bits per heavy atom. The van der Waals surface area contributed by atoms with Crippen LogP contribution in [-0.2, 0) is 4.79 Å². The monoisotopic (exact) mass is 420 g/mol. The van der Waals surface area contributed by atoms with Gasteiger partial charge in [0.25, 0.3) is 0 Å². The molecule has 0 saturated heterocycles. The molecule has 0 unspecified atom stereocenters. The molecule has 5 rings (SSSR count). The van der Waals surface area contributed by atoms with Crippen molar-refractivity contribution in [2.45, 2.75) is 44.4 Å². The minimum absolute atomic E-state index is 0.168. The van der Waals surface area contributed by atoms with Crippen LogP contribution < -0.4 is 16.0 Å². The smallest absolute Gasteiger partial charge is 0.229 e. The summed E-state index contributed by atoms with van der Waals surface area (Å²) in [5, 5.41) is 21.2. The first-order valence-electron chi connectivity index (χ1n) is 11.1. The number of nitrogens with zero attached hydrogens (tertiary/aromatic N) is 2. The Kier molecular flexibility index (Phi) is 5.36. The summed E-state index contributed by atoms with van der Waals surface area (Å²) in [6.45, 7) is 1.43. The molecule has 5 N–H and O–H groups in total. The summed E-state index contributed by atoms with van der Waals surface area (Å²) >= 11 is 0. The average molecular weight is 421 g/mol. The van der Waals surface area contributed by atoms with Gasteiger partial charge in [-0.2, -0.15) is 4.98 Å². The number of aromatic amines is 1. The molecule has 3 aromatic rings. The summed E-state index contributed by atoms with van der Waals surface area (Å²) in [6, 6.07) is 5.70. The van der Waals surface area contributed by atoms with Crippen LogP contribution in [0.2, 0.25) is 0 Å². The number of H-pyrrole nitrogens is 1. The number of aromatic hydroxyl groups is 1. The maximum atomic E-state index is 11.9. The van der Waals surface area contributed by atoms with E-state index in [9.17, 15) is 9.90 Å². The van der Waals surface area contributed by atoms with Crippen molar-refractivity contribution in [2.75, 3.05) is 23.7 Å². The Bertz CT molecular complexity index is 1090. The quantitative estimate of drug-likeness (QED) is 0.334. The molecule has 2 aliphatic rings. The fourth-order valence-corrected chi connectivity index (χ4v) is 3.94. The summed E-state index contributed by atoms with van der Waals surface area (Å²) in [4.78, 5) is 24.0. The van der Waals surface area contributed by atoms with Crippen molar-refractivity contribution in [1.29, 1.82) is 0 Å². The molecular weight excluding hydrogens is 392 g/mol. The molecule has 1 amide bonds. The van der Waals surface area contributed by atoms with Gasteiger partial charge in [0.1, 0.15) is 5.82 Å². The number of hydrogen-bond acceptors (Lipinski definition) is 6. The minimum atomic E-state index is 0.168. The van der Waals surface area contributed by atoms with Crippen LogP contribution in [-0.4, -0.2) is 39.1 Å². The molecular formula is C23H28N6O2. The zero-order valence-corrected chi connectivity index (χ0v) is 17.4. The predicted octanol–water partition coefficient (Wildman–Crippen LogP) is 4.00. The van der Waals surface area contributed by atoms with Crippen LogP contribution in [0.3, 0.4) is 0 Å². The minimum Gasteiger partial charge on any atom is -0.494 e. The first-order valence-corrected chi connectivity index (χ1v) is 11.1. The number of fused-ring (bicyclic) bond motifs is 1. The van der Waals surface area contributed by atoms with Crippen molar-refractivity contribution >= 4 is 34.1 Å². The number of carbonyl (C=O) groups excluding carboxylic acids is 1. The van der Waals surface area contributed by atoms with E-state index in [-0.39, 0.29) is 17.7 Å². The lowest BCUT2D eigenvalue weighted by Gasteiger charge is -2.24. The highest BCUT2D eigenvalue weighted by molar-refractivity contribution is 5.90. The van der Waals surface area contributed by atoms with E-state index in [1.807, 2.05) is 24.4 Å². The van der Waals surface area contributed by atoms with Gasteiger partial charge in [0.2, 0.25) is 11.9 Å². The number of aromatic nitrogens is 3. The lowest BCUT2D eigenvalue weighted by molar-refractivity contribution is -0.127. The number of hydrogen-bond donors (Lipinski definition) is 5. The van der Waals surface area contributed by atoms with Crippen LogP contribution in [0.15, 0.2) is 30.6 Å². The number of nitrogens with one attached hydrogen (secondary N) is 4. The highest BCUT2D eigenvalue weighted by Gasteiger charge is 2.28. The molecule has 8 nitrogen and oxygen atoms in total. The Hall–Kier alpha value is -3.29. The standard InChI is InChI=1S/C23H28N6O2/c30-21(15-3-1-4-15)25-10-2-9-24-20-19(14-5-6-14)13-27-23(29-20)28-17-7-8-18-16(11-17)12-26-22(18)31/h7-8,11-15,26,31H,1-6,9-10H2,(H,25,30)(H2,24,27,28,29). The van der Waals surface area contributed by atoms with E-state index in [0.717, 1.165) is 53.6 Å². The summed E-state index contributed by atoms with van der Waals surface area (Å²) in [5.74, 6) is 2.54. The summed E-state index contributed by atoms with van der Waals surface area (Å²) in [5.41, 5.74) is 2.02. The van der Waals surface area contributed by atoms with Crippen LogP contribution in [0.4, 0.5) is 17.5 Å². The van der Waals surface area contributed by atoms with Crippen LogP contribution >= 0.6 is 0 Å². The van der Waals surface area contributed by atoms with Gasteiger partial charge in [-0.25, -0.2) is 4.98 Å². The Morgan fingerprint density at radius 2 is 2.06 bits per heavy atom. The van der Waals surface area contributed by atoms with Gasteiger partial charge in [0, 0.05) is 53.4 Å². The first-order chi connectivity index (χ1) is 15.2. The summed E-state index contributed by atoms with van der Waals surface area (Å²) in [7, 11) is 0. The zero-order chi connectivity index (χ0) is 21.2. The number of amides is 1. The van der Waals surface area contributed by atoms with Crippen LogP contribution in [0.25, 0.3) is 10.8 Å². The van der Waals surface area contributed by atoms with Crippen molar-refractivity contribution in [3.05, 3.63) is 36.2 Å². The summed E-state index contributed by atoms with van der Waals surface area (Å²) < 4.78 is 0. The van der Waals surface area contributed by atoms with Crippen LogP contribution in [0.5, 0.6) is 5.88 Å². The fourth-order valence-electron chi connectivity index (χ4n) is 3.94. The highest BCUT2D eigenvalue weighted by atomic mass is 16.3. The van der Waals surface area contributed by atoms with E-state index in [1.54, 1.807) is 6.20 Å². The molecule has 1 aromatic carbocycles. The molecule has 2 aromatic heterocycles. The van der Waals surface area contributed by atoms with Gasteiger partial charge in [0.15, 0.2) is 5.88 Å². The van der Waals surface area contributed by atoms with Crippen molar-refractivity contribution in [1.82, 2.24) is 20.3 Å². The number of benzene rings is 1. The third-order valence-corrected chi connectivity index (χ3v) is 6.18. The molecule has 31 heavy (non-hydrogen) atoms. The lowest BCUT2D eigenvalue weighted by Crippen LogP contribution is -2.35. The fraction of sp³-hybridized carbons (Fsp3) is 0.435. The van der Waals surface area contributed by atoms with Gasteiger partial charge in [-0.1, -0.05) is 6.42 Å². The SMILES string of the molecule is O=C(NCCCNc1nc(Nc2ccc3c(O)[nH]cc3c2)ncc1C1CC1)C1CCC1. The summed E-state index contributed by atoms with van der Waals surface area (Å²) in [6.07, 6.45) is 10.1. The average Bonchev–Trinajstić information content (AvgIpc) is 3.50. The second-order valence-corrected chi connectivity index (χ2v) is 8.54. The maximum absolute atomic E-state index is 11.9. The van der Waals surface area contributed by atoms with E-state index in [0.29, 0.717) is 18.4 Å². The van der Waals surface area contributed by atoms with Crippen molar-refractivity contribution in [3.8, 4) is 5.88 Å². The van der Waals surface area contributed by atoms with Gasteiger partial charge >= 0.3 is 0 Å². The molecule has 162 valence electrons. The maximum Gasteiger partial charge on any atom is 0.229 e. The normalized spacial score (nSPS) is 16.1. The molecule has 0 radical (unpaired) electrons. The predicted molar refractivity (Wildman–Crippen MR) is 121 cm³/mol. The molecule has 2 heterocycles. The van der Waals surface area contributed by atoms with Crippen molar-refractivity contribution in [3.63, 3.8) is 0 Å². The lowest BCUT2D eigenvalue weighted by atomic mass is 9.85. The number of rotatable bonds is 9. The molecule has 8 heteroatoms. The third-order valence-electron chi connectivity index (χ3n) is 6.18. The molecule has 2 aliphatic carbocycles. The van der Waals surface area contributed by atoms with Crippen molar-refractivity contribution < 1.29 is 9.90 Å². The molecule has 0 aliphatic heterocycles. The number of anilines is 3. The van der Waals surface area contributed by atoms with E-state index in [4.69, 9.17) is 4.98 Å². The van der Waals surface area contributed by atoms with E-state index in [1.165, 1.54) is 19.3 Å². The van der Waals surface area contributed by atoms with Crippen LogP contribution in [0, 0.1) is 5.92 Å². The second-order valence-electron chi connectivity index (χ2n) is 8.54. The van der Waals surface area contributed by atoms with E-state index >= 15 is 0 Å². The number of carbonyl (C=O) groups is 1. The van der Waals surface area contributed by atoms with E-state index in [2.05, 4.69) is 25.9 Å². The Labute approximate surface area is 180 Å². The van der Waals surface area contributed by atoms with Crippen LogP contribution in [0.1, 0.15) is 50.0 Å². The molecule has 2 fully saturated rings. The first kappa shape index (κ1) is 19.7. The van der Waals surface area contributed by atoms with Gasteiger partial charge in [-0.3, -0.25) is 4.79 Å². The van der Waals surface area contributed by atoms with Gasteiger partial charge < -0.3 is 26.0 Å². The van der Waals surface area contributed by atoms with Gasteiger partial charge in [-0.15, -0.1) is 0 Å². The molecule has 0 bridgehead atoms. The molecule has 2 saturated carbocycles. The van der Waals surface area contributed by atoms with E-state index < -0.39 is 0 Å². The Balaban J connectivity index is 1.21. The zero-order valence-electron chi connectivity index (χ0n) is 17.4. The topological polar surface area (TPSA) is 115 Å². The molecule has 0 spiro atoms. The van der Waals surface area contributed by atoms with Gasteiger partial charge in [0.05, 0.1) is 0 Å². The van der Waals surface area contributed by atoms with Crippen molar-refractivity contribution in [2.24, 2.45) is 5.92 Å². The largest absolute Gasteiger partial charge is 0.494 e. The van der Waals surface area contributed by atoms with Gasteiger partial charge in [-0.05, 0) is 56.2 Å². The highest BCUT2D eigenvalue weighted by Crippen LogP contribution is 2.42. The second kappa shape index (κ2) is 8.45.